The Morgan fingerprint density at radius 1 is 1.00 bits per heavy atom. The van der Waals surface area contributed by atoms with Crippen LogP contribution in [-0.2, 0) is 0 Å². The molecule has 1 saturated heterocycles. The molecule has 2 heterocycles. The zero-order valence-corrected chi connectivity index (χ0v) is 15.9. The van der Waals surface area contributed by atoms with Crippen molar-refractivity contribution in [2.75, 3.05) is 32.7 Å². The first kappa shape index (κ1) is 15.4. The maximum atomic E-state index is 4.80. The van der Waals surface area contributed by atoms with E-state index < -0.39 is 0 Å². The van der Waals surface area contributed by atoms with Crippen LogP contribution in [0.1, 0.15) is 57.8 Å². The Labute approximate surface area is 133 Å². The normalized spacial score (nSPS) is 30.8. The van der Waals surface area contributed by atoms with Crippen molar-refractivity contribution in [2.45, 2.75) is 63.3 Å². The number of rotatable bonds is 4. The van der Waals surface area contributed by atoms with Crippen LogP contribution < -0.4 is 0 Å². The number of hydrogen-bond donors (Lipinski definition) is 0. The summed E-state index contributed by atoms with van der Waals surface area (Å²) in [6.45, 7) is 6.01. The Morgan fingerprint density at radius 2 is 1.86 bits per heavy atom. The molecule has 2 fully saturated rings. The lowest BCUT2D eigenvalue weighted by Crippen LogP contribution is -2.52. The van der Waals surface area contributed by atoms with Crippen molar-refractivity contribution in [1.82, 2.24) is 9.80 Å². The SMILES string of the molecule is [SiH3]C1CCCCCC1CCCN1CCCN2CCCN=C21. The van der Waals surface area contributed by atoms with Crippen LogP contribution in [0.15, 0.2) is 4.99 Å². The van der Waals surface area contributed by atoms with E-state index in [2.05, 4.69) is 9.80 Å². The van der Waals surface area contributed by atoms with Gasteiger partial charge in [0, 0.05) is 43.0 Å². The van der Waals surface area contributed by atoms with Gasteiger partial charge in [-0.15, -0.1) is 0 Å². The van der Waals surface area contributed by atoms with Gasteiger partial charge in [-0.1, -0.05) is 37.6 Å². The summed E-state index contributed by atoms with van der Waals surface area (Å²) in [5.41, 5.74) is 1.09. The fourth-order valence-electron chi connectivity index (χ4n) is 4.46. The standard InChI is InChI=1S/C17H33N3Si/c21-16-9-3-1-2-7-15(16)8-4-11-19-13-6-14-20-12-5-10-18-17(19)20/h15-16H,1-14H2,21H3. The van der Waals surface area contributed by atoms with Crippen molar-refractivity contribution < 1.29 is 0 Å². The molecule has 2 aliphatic heterocycles. The summed E-state index contributed by atoms with van der Waals surface area (Å²) in [4.78, 5) is 9.91. The highest BCUT2D eigenvalue weighted by Gasteiger charge is 2.25. The fourth-order valence-corrected chi connectivity index (χ4v) is 5.53. The first-order valence-electron chi connectivity index (χ1n) is 9.39. The van der Waals surface area contributed by atoms with Crippen LogP contribution in [0, 0.1) is 5.92 Å². The molecule has 2 unspecified atom stereocenters. The molecule has 1 saturated carbocycles. The van der Waals surface area contributed by atoms with Gasteiger partial charge in [-0.25, -0.2) is 0 Å². The monoisotopic (exact) mass is 307 g/mol. The van der Waals surface area contributed by atoms with E-state index in [1.54, 1.807) is 0 Å². The summed E-state index contributed by atoms with van der Waals surface area (Å²) < 4.78 is 0. The Hall–Kier alpha value is -0.513. The van der Waals surface area contributed by atoms with Gasteiger partial charge in [0.05, 0.1) is 0 Å². The van der Waals surface area contributed by atoms with Crippen molar-refractivity contribution in [1.29, 1.82) is 0 Å². The minimum Gasteiger partial charge on any atom is -0.343 e. The maximum absolute atomic E-state index is 4.80. The van der Waals surface area contributed by atoms with Crippen LogP contribution in [0.2, 0.25) is 5.54 Å². The molecule has 0 aromatic carbocycles. The quantitative estimate of drug-likeness (QED) is 0.586. The lowest BCUT2D eigenvalue weighted by atomic mass is 9.94. The van der Waals surface area contributed by atoms with Gasteiger partial charge in [-0.2, -0.15) is 0 Å². The zero-order valence-electron chi connectivity index (χ0n) is 13.9. The van der Waals surface area contributed by atoms with E-state index in [1.165, 1.54) is 100 Å². The Kier molecular flexibility index (Phi) is 5.61. The molecule has 3 nitrogen and oxygen atoms in total. The topological polar surface area (TPSA) is 18.8 Å². The van der Waals surface area contributed by atoms with E-state index in [-0.39, 0.29) is 0 Å². The minimum atomic E-state index is 1.05. The average molecular weight is 308 g/mol. The highest BCUT2D eigenvalue weighted by molar-refractivity contribution is 6.11. The van der Waals surface area contributed by atoms with E-state index in [9.17, 15) is 0 Å². The lowest BCUT2D eigenvalue weighted by molar-refractivity contribution is 0.237. The van der Waals surface area contributed by atoms with Crippen LogP contribution in [0.4, 0.5) is 0 Å². The van der Waals surface area contributed by atoms with Gasteiger partial charge in [0.15, 0.2) is 5.96 Å². The molecular weight excluding hydrogens is 274 g/mol. The van der Waals surface area contributed by atoms with Gasteiger partial charge >= 0.3 is 0 Å². The second-order valence-electron chi connectivity index (χ2n) is 7.38. The summed E-state index contributed by atoms with van der Waals surface area (Å²) >= 11 is 0. The molecule has 0 spiro atoms. The van der Waals surface area contributed by atoms with Gasteiger partial charge < -0.3 is 9.80 Å². The summed E-state index contributed by atoms with van der Waals surface area (Å²) in [6.07, 6.45) is 13.0. The predicted molar refractivity (Wildman–Crippen MR) is 94.2 cm³/mol. The molecule has 2 atom stereocenters. The van der Waals surface area contributed by atoms with Crippen molar-refractivity contribution in [3.63, 3.8) is 0 Å². The van der Waals surface area contributed by atoms with Crippen LogP contribution >= 0.6 is 0 Å². The third kappa shape index (κ3) is 4.02. The van der Waals surface area contributed by atoms with E-state index in [1.807, 2.05) is 0 Å². The molecular formula is C17H33N3Si. The smallest absolute Gasteiger partial charge is 0.196 e. The number of hydrogen-bond acceptors (Lipinski definition) is 3. The molecule has 120 valence electrons. The van der Waals surface area contributed by atoms with E-state index >= 15 is 0 Å². The average Bonchev–Trinajstić information content (AvgIpc) is 2.72. The molecule has 0 bridgehead atoms. The van der Waals surface area contributed by atoms with E-state index in [4.69, 9.17) is 4.99 Å². The molecule has 4 heteroatoms. The van der Waals surface area contributed by atoms with Gasteiger partial charge in [0.25, 0.3) is 0 Å². The Bertz CT molecular complexity index is 358. The second-order valence-corrected chi connectivity index (χ2v) is 8.86. The maximum Gasteiger partial charge on any atom is 0.196 e. The first-order chi connectivity index (χ1) is 10.3. The zero-order chi connectivity index (χ0) is 14.5. The molecule has 0 N–H and O–H groups in total. The fraction of sp³-hybridized carbons (Fsp3) is 0.941. The van der Waals surface area contributed by atoms with Crippen molar-refractivity contribution in [2.24, 2.45) is 10.9 Å². The molecule has 0 radical (unpaired) electrons. The van der Waals surface area contributed by atoms with E-state index in [0.717, 1.165) is 18.0 Å². The van der Waals surface area contributed by atoms with Crippen LogP contribution in [-0.4, -0.2) is 58.7 Å². The third-order valence-corrected chi connectivity index (χ3v) is 7.32. The van der Waals surface area contributed by atoms with Crippen molar-refractivity contribution in [3.05, 3.63) is 0 Å². The molecule has 0 aromatic heterocycles. The summed E-state index contributed by atoms with van der Waals surface area (Å²) in [7, 11) is 1.42. The van der Waals surface area contributed by atoms with Gasteiger partial charge in [-0.05, 0) is 31.6 Å². The Balaban J connectivity index is 1.47. The molecule has 0 aromatic rings. The molecule has 3 aliphatic rings. The van der Waals surface area contributed by atoms with Gasteiger partial charge in [0.1, 0.15) is 0 Å². The van der Waals surface area contributed by atoms with Crippen molar-refractivity contribution >= 4 is 16.2 Å². The van der Waals surface area contributed by atoms with E-state index in [0.29, 0.717) is 0 Å². The second kappa shape index (κ2) is 7.66. The van der Waals surface area contributed by atoms with Gasteiger partial charge in [-0.3, -0.25) is 4.99 Å². The van der Waals surface area contributed by atoms with Crippen molar-refractivity contribution in [3.8, 4) is 0 Å². The number of nitrogens with zero attached hydrogens (tertiary/aromatic N) is 3. The highest BCUT2D eigenvalue weighted by Crippen LogP contribution is 2.34. The molecule has 21 heavy (non-hydrogen) atoms. The Morgan fingerprint density at radius 3 is 2.81 bits per heavy atom. The predicted octanol–water partition coefficient (Wildman–Crippen LogP) is 2.27. The summed E-state index contributed by atoms with van der Waals surface area (Å²) in [6, 6.07) is 0. The number of aliphatic imine (C=N–C) groups is 1. The molecule has 0 amide bonds. The highest BCUT2D eigenvalue weighted by atomic mass is 28.1. The summed E-state index contributed by atoms with van der Waals surface area (Å²) in [5, 5.41) is 0. The van der Waals surface area contributed by atoms with Crippen LogP contribution in [0.3, 0.4) is 0 Å². The third-order valence-electron chi connectivity index (χ3n) is 5.80. The first-order valence-corrected chi connectivity index (χ1v) is 10.5. The minimum absolute atomic E-state index is 1.05. The number of guanidine groups is 1. The largest absolute Gasteiger partial charge is 0.343 e. The molecule has 1 aliphatic carbocycles. The van der Waals surface area contributed by atoms with Crippen LogP contribution in [0.25, 0.3) is 0 Å². The van der Waals surface area contributed by atoms with Gasteiger partial charge in [0.2, 0.25) is 0 Å². The lowest BCUT2D eigenvalue weighted by Gasteiger charge is -2.41. The number of fused-ring (bicyclic) bond motifs is 1. The molecule has 3 rings (SSSR count). The van der Waals surface area contributed by atoms with Crippen LogP contribution in [0.5, 0.6) is 0 Å². The summed E-state index contributed by atoms with van der Waals surface area (Å²) in [5.74, 6) is 2.38.